The maximum atomic E-state index is 12.2. The summed E-state index contributed by atoms with van der Waals surface area (Å²) >= 11 is 0. The van der Waals surface area contributed by atoms with Crippen molar-refractivity contribution in [3.63, 3.8) is 0 Å². The van der Waals surface area contributed by atoms with Gasteiger partial charge in [-0.15, -0.1) is 12.4 Å². The van der Waals surface area contributed by atoms with E-state index in [0.717, 1.165) is 18.8 Å². The average molecular weight is 263 g/mol. The van der Waals surface area contributed by atoms with Gasteiger partial charge in [-0.2, -0.15) is 0 Å². The zero-order valence-corrected chi connectivity index (χ0v) is 12.1. The van der Waals surface area contributed by atoms with Gasteiger partial charge in [-0.1, -0.05) is 13.3 Å². The van der Waals surface area contributed by atoms with E-state index in [-0.39, 0.29) is 24.4 Å². The molecule has 4 heteroatoms. The molecule has 0 aliphatic heterocycles. The number of amides is 1. The summed E-state index contributed by atoms with van der Waals surface area (Å²) in [6.45, 7) is 4.80. The number of carbonyl (C=O) groups excluding carboxylic acids is 1. The average Bonchev–Trinajstić information content (AvgIpc) is 2.36. The van der Waals surface area contributed by atoms with Crippen LogP contribution in [0.3, 0.4) is 0 Å². The van der Waals surface area contributed by atoms with Gasteiger partial charge in [0.05, 0.1) is 0 Å². The first-order valence-corrected chi connectivity index (χ1v) is 6.56. The van der Waals surface area contributed by atoms with Crippen molar-refractivity contribution in [3.05, 3.63) is 0 Å². The molecule has 1 aliphatic carbocycles. The standard InChI is InChI=1S/C13H26N2O.ClH/c1-4-11-5-7-12(8-6-11)13(16)15(3)10(2)9-14;/h10-12H,4-9,14H2,1-3H3;1H. The molecule has 1 fully saturated rings. The Labute approximate surface area is 112 Å². The number of hydrogen-bond acceptors (Lipinski definition) is 2. The van der Waals surface area contributed by atoms with Crippen LogP contribution in [0.4, 0.5) is 0 Å². The molecule has 0 heterocycles. The summed E-state index contributed by atoms with van der Waals surface area (Å²) in [5.74, 6) is 1.40. The second kappa shape index (κ2) is 7.93. The lowest BCUT2D eigenvalue weighted by molar-refractivity contribution is -0.137. The highest BCUT2D eigenvalue weighted by Crippen LogP contribution is 2.31. The maximum absolute atomic E-state index is 12.2. The Morgan fingerprint density at radius 1 is 1.35 bits per heavy atom. The SMILES string of the molecule is CCC1CCC(C(=O)N(C)C(C)CN)CC1.Cl. The van der Waals surface area contributed by atoms with E-state index in [2.05, 4.69) is 6.92 Å². The fourth-order valence-electron chi connectivity index (χ4n) is 2.48. The van der Waals surface area contributed by atoms with Crippen LogP contribution in [0.25, 0.3) is 0 Å². The first-order valence-electron chi connectivity index (χ1n) is 6.56. The van der Waals surface area contributed by atoms with Crippen LogP contribution in [-0.2, 0) is 4.79 Å². The summed E-state index contributed by atoms with van der Waals surface area (Å²) < 4.78 is 0. The van der Waals surface area contributed by atoms with Crippen molar-refractivity contribution in [1.29, 1.82) is 0 Å². The van der Waals surface area contributed by atoms with Crippen LogP contribution in [-0.4, -0.2) is 30.4 Å². The molecular weight excluding hydrogens is 236 g/mol. The molecule has 1 saturated carbocycles. The fourth-order valence-corrected chi connectivity index (χ4v) is 2.48. The second-order valence-corrected chi connectivity index (χ2v) is 5.16. The Morgan fingerprint density at radius 3 is 2.29 bits per heavy atom. The van der Waals surface area contributed by atoms with Gasteiger partial charge in [-0.05, 0) is 38.5 Å². The second-order valence-electron chi connectivity index (χ2n) is 5.16. The van der Waals surface area contributed by atoms with Gasteiger partial charge in [0.15, 0.2) is 0 Å². The van der Waals surface area contributed by atoms with Crippen LogP contribution in [0.5, 0.6) is 0 Å². The summed E-state index contributed by atoms with van der Waals surface area (Å²) in [4.78, 5) is 14.0. The van der Waals surface area contributed by atoms with E-state index in [9.17, 15) is 4.79 Å². The number of halogens is 1. The van der Waals surface area contributed by atoms with Gasteiger partial charge < -0.3 is 10.6 Å². The lowest BCUT2D eigenvalue weighted by atomic mass is 9.80. The van der Waals surface area contributed by atoms with Crippen LogP contribution in [0, 0.1) is 11.8 Å². The molecule has 17 heavy (non-hydrogen) atoms. The highest BCUT2D eigenvalue weighted by Gasteiger charge is 2.28. The van der Waals surface area contributed by atoms with Crippen molar-refractivity contribution in [3.8, 4) is 0 Å². The van der Waals surface area contributed by atoms with Crippen molar-refractivity contribution in [2.45, 2.75) is 52.0 Å². The Bertz CT molecular complexity index is 227. The molecule has 1 rings (SSSR count). The number of hydrogen-bond donors (Lipinski definition) is 1. The van der Waals surface area contributed by atoms with Crippen molar-refractivity contribution in [1.82, 2.24) is 4.90 Å². The van der Waals surface area contributed by atoms with E-state index in [0.29, 0.717) is 12.5 Å². The lowest BCUT2D eigenvalue weighted by Crippen LogP contribution is -2.43. The van der Waals surface area contributed by atoms with E-state index in [1.807, 2.05) is 18.9 Å². The summed E-state index contributed by atoms with van der Waals surface area (Å²) in [7, 11) is 1.88. The van der Waals surface area contributed by atoms with Crippen LogP contribution in [0.1, 0.15) is 46.0 Å². The number of nitrogens with zero attached hydrogens (tertiary/aromatic N) is 1. The van der Waals surface area contributed by atoms with Crippen molar-refractivity contribution >= 4 is 18.3 Å². The van der Waals surface area contributed by atoms with E-state index >= 15 is 0 Å². The first-order chi connectivity index (χ1) is 7.60. The minimum absolute atomic E-state index is 0. The van der Waals surface area contributed by atoms with Gasteiger partial charge in [-0.25, -0.2) is 0 Å². The van der Waals surface area contributed by atoms with Crippen molar-refractivity contribution in [2.24, 2.45) is 17.6 Å². The highest BCUT2D eigenvalue weighted by atomic mass is 35.5. The van der Waals surface area contributed by atoms with E-state index in [4.69, 9.17) is 5.73 Å². The number of carbonyl (C=O) groups is 1. The molecule has 0 aromatic rings. The van der Waals surface area contributed by atoms with Gasteiger partial charge in [0.25, 0.3) is 0 Å². The number of likely N-dealkylation sites (N-methyl/N-ethyl adjacent to an activating group) is 1. The highest BCUT2D eigenvalue weighted by molar-refractivity contribution is 5.85. The summed E-state index contributed by atoms with van der Waals surface area (Å²) in [5, 5.41) is 0. The zero-order valence-electron chi connectivity index (χ0n) is 11.3. The van der Waals surface area contributed by atoms with Crippen LogP contribution >= 0.6 is 12.4 Å². The first kappa shape index (κ1) is 16.7. The molecule has 0 aromatic carbocycles. The summed E-state index contributed by atoms with van der Waals surface area (Å²) in [6.07, 6.45) is 5.84. The molecule has 1 aliphatic rings. The van der Waals surface area contributed by atoms with Crippen LogP contribution in [0.2, 0.25) is 0 Å². The van der Waals surface area contributed by atoms with Gasteiger partial charge in [0.1, 0.15) is 0 Å². The minimum Gasteiger partial charge on any atom is -0.342 e. The van der Waals surface area contributed by atoms with Crippen molar-refractivity contribution < 1.29 is 4.79 Å². The molecular formula is C13H27ClN2O. The van der Waals surface area contributed by atoms with Gasteiger partial charge in [0.2, 0.25) is 5.91 Å². The molecule has 0 aromatic heterocycles. The van der Waals surface area contributed by atoms with E-state index in [1.54, 1.807) is 0 Å². The molecule has 1 unspecified atom stereocenters. The van der Waals surface area contributed by atoms with Crippen LogP contribution < -0.4 is 5.73 Å². The molecule has 0 spiro atoms. The van der Waals surface area contributed by atoms with Crippen molar-refractivity contribution in [2.75, 3.05) is 13.6 Å². The molecule has 1 atom stereocenters. The zero-order chi connectivity index (χ0) is 12.1. The Hall–Kier alpha value is -0.280. The molecule has 3 nitrogen and oxygen atoms in total. The Kier molecular flexibility index (Phi) is 7.80. The normalized spacial score (nSPS) is 25.9. The predicted octanol–water partition coefficient (Wildman–Crippen LogP) is 2.43. The van der Waals surface area contributed by atoms with Gasteiger partial charge in [0, 0.05) is 25.6 Å². The summed E-state index contributed by atoms with van der Waals surface area (Å²) in [5.41, 5.74) is 5.59. The Morgan fingerprint density at radius 2 is 1.88 bits per heavy atom. The Balaban J connectivity index is 0.00000256. The third kappa shape index (κ3) is 4.47. The van der Waals surface area contributed by atoms with E-state index < -0.39 is 0 Å². The van der Waals surface area contributed by atoms with Gasteiger partial charge >= 0.3 is 0 Å². The number of nitrogens with two attached hydrogens (primary N) is 1. The molecule has 102 valence electrons. The topological polar surface area (TPSA) is 46.3 Å². The fraction of sp³-hybridized carbons (Fsp3) is 0.923. The molecule has 0 saturated heterocycles. The molecule has 0 bridgehead atoms. The maximum Gasteiger partial charge on any atom is 0.225 e. The largest absolute Gasteiger partial charge is 0.342 e. The third-order valence-electron chi connectivity index (χ3n) is 4.12. The summed E-state index contributed by atoms with van der Waals surface area (Å²) in [6, 6.07) is 0.163. The molecule has 2 N–H and O–H groups in total. The van der Waals surface area contributed by atoms with Crippen LogP contribution in [0.15, 0.2) is 0 Å². The monoisotopic (exact) mass is 262 g/mol. The lowest BCUT2D eigenvalue weighted by Gasteiger charge is -2.32. The van der Waals surface area contributed by atoms with E-state index in [1.165, 1.54) is 19.3 Å². The quantitative estimate of drug-likeness (QED) is 0.846. The predicted molar refractivity (Wildman–Crippen MR) is 74.3 cm³/mol. The number of rotatable bonds is 4. The minimum atomic E-state index is 0. The van der Waals surface area contributed by atoms with Gasteiger partial charge in [-0.3, -0.25) is 4.79 Å². The smallest absolute Gasteiger partial charge is 0.225 e. The third-order valence-corrected chi connectivity index (χ3v) is 4.12. The molecule has 0 radical (unpaired) electrons. The molecule has 1 amide bonds.